The molecule has 3 nitrogen and oxygen atoms in total. The summed E-state index contributed by atoms with van der Waals surface area (Å²) in [5, 5.41) is 0.659. The Kier molecular flexibility index (Phi) is 4.10. The van der Waals surface area contributed by atoms with Gasteiger partial charge in [0.15, 0.2) is 0 Å². The van der Waals surface area contributed by atoms with Crippen molar-refractivity contribution in [2.24, 2.45) is 5.73 Å². The van der Waals surface area contributed by atoms with Crippen LogP contribution in [0, 0.1) is 0 Å². The lowest BCUT2D eigenvalue weighted by atomic mass is 10.0. The molecule has 0 bridgehead atoms. The Morgan fingerprint density at radius 3 is 2.55 bits per heavy atom. The first kappa shape index (κ1) is 14.9. The van der Waals surface area contributed by atoms with Crippen molar-refractivity contribution in [3.63, 3.8) is 0 Å². The van der Waals surface area contributed by atoms with Crippen LogP contribution in [0.3, 0.4) is 0 Å². The quantitative estimate of drug-likeness (QED) is 0.773. The van der Waals surface area contributed by atoms with Crippen LogP contribution in [0.15, 0.2) is 42.5 Å². The molecule has 0 aliphatic carbocycles. The van der Waals surface area contributed by atoms with E-state index in [0.717, 1.165) is 34.4 Å². The van der Waals surface area contributed by atoms with Crippen molar-refractivity contribution >= 4 is 22.6 Å². The number of para-hydroxylation sites is 1. The van der Waals surface area contributed by atoms with Crippen molar-refractivity contribution in [1.82, 2.24) is 9.97 Å². The molecule has 22 heavy (non-hydrogen) atoms. The van der Waals surface area contributed by atoms with Gasteiger partial charge in [-0.05, 0) is 31.0 Å². The predicted octanol–water partition coefficient (Wildman–Crippen LogP) is 4.53. The van der Waals surface area contributed by atoms with E-state index in [1.165, 1.54) is 5.56 Å². The Bertz CT molecular complexity index is 828. The van der Waals surface area contributed by atoms with Gasteiger partial charge in [-0.25, -0.2) is 9.97 Å². The number of hydrogen-bond acceptors (Lipinski definition) is 3. The number of halogens is 1. The van der Waals surface area contributed by atoms with Crippen LogP contribution in [0.1, 0.15) is 31.1 Å². The molecule has 0 radical (unpaired) electrons. The molecule has 0 saturated carbocycles. The smallest absolute Gasteiger partial charge is 0.0956 e. The average molecular weight is 312 g/mol. The van der Waals surface area contributed by atoms with E-state index >= 15 is 0 Å². The highest BCUT2D eigenvalue weighted by atomic mass is 35.5. The largest absolute Gasteiger partial charge is 0.323 e. The Morgan fingerprint density at radius 2 is 1.86 bits per heavy atom. The Labute approximate surface area is 135 Å². The summed E-state index contributed by atoms with van der Waals surface area (Å²) in [6.45, 7) is 4.03. The molecule has 2 aromatic carbocycles. The third-order valence-corrected chi connectivity index (χ3v) is 4.08. The summed E-state index contributed by atoms with van der Waals surface area (Å²) in [7, 11) is 0. The number of nitrogens with zero attached hydrogens (tertiary/aromatic N) is 2. The van der Waals surface area contributed by atoms with Gasteiger partial charge in [-0.3, -0.25) is 0 Å². The molecule has 0 aliphatic rings. The lowest BCUT2D eigenvalue weighted by molar-refractivity contribution is 0.783. The number of nitrogens with two attached hydrogens (primary N) is 1. The van der Waals surface area contributed by atoms with Gasteiger partial charge in [-0.2, -0.15) is 0 Å². The standard InChI is InChI=1S/C18H18ClN3/c1-3-12-7-6-10-15-17(12)22-18(16(21-15)11(2)20)13-8-4-5-9-14(13)19/h4-11H,3,20H2,1-2H3. The molecule has 0 spiro atoms. The lowest BCUT2D eigenvalue weighted by Gasteiger charge is -2.14. The van der Waals surface area contributed by atoms with Gasteiger partial charge in [0.05, 0.1) is 27.4 Å². The third-order valence-electron chi connectivity index (χ3n) is 3.75. The van der Waals surface area contributed by atoms with E-state index < -0.39 is 0 Å². The summed E-state index contributed by atoms with van der Waals surface area (Å²) in [6, 6.07) is 13.5. The zero-order chi connectivity index (χ0) is 15.7. The van der Waals surface area contributed by atoms with E-state index in [1.54, 1.807) is 0 Å². The summed E-state index contributed by atoms with van der Waals surface area (Å²) in [5.74, 6) is 0. The molecule has 112 valence electrons. The highest BCUT2D eigenvalue weighted by molar-refractivity contribution is 6.33. The molecule has 1 atom stereocenters. The van der Waals surface area contributed by atoms with Gasteiger partial charge in [0, 0.05) is 11.6 Å². The van der Waals surface area contributed by atoms with Crippen molar-refractivity contribution in [2.45, 2.75) is 26.3 Å². The molecule has 0 saturated heterocycles. The normalized spacial score (nSPS) is 12.5. The van der Waals surface area contributed by atoms with Gasteiger partial charge in [-0.15, -0.1) is 0 Å². The summed E-state index contributed by atoms with van der Waals surface area (Å²) in [5.41, 5.74) is 11.5. The monoisotopic (exact) mass is 311 g/mol. The highest BCUT2D eigenvalue weighted by Crippen LogP contribution is 2.32. The summed E-state index contributed by atoms with van der Waals surface area (Å²) < 4.78 is 0. The molecule has 0 amide bonds. The van der Waals surface area contributed by atoms with Crippen molar-refractivity contribution in [1.29, 1.82) is 0 Å². The Morgan fingerprint density at radius 1 is 1.09 bits per heavy atom. The van der Waals surface area contributed by atoms with Gasteiger partial charge in [0.1, 0.15) is 0 Å². The van der Waals surface area contributed by atoms with E-state index in [4.69, 9.17) is 27.3 Å². The van der Waals surface area contributed by atoms with E-state index in [9.17, 15) is 0 Å². The SMILES string of the molecule is CCc1cccc2nc(C(C)N)c(-c3ccccc3Cl)nc12. The van der Waals surface area contributed by atoms with Crippen LogP contribution in [0.5, 0.6) is 0 Å². The topological polar surface area (TPSA) is 51.8 Å². The zero-order valence-electron chi connectivity index (χ0n) is 12.7. The number of hydrogen-bond donors (Lipinski definition) is 1. The minimum atomic E-state index is -0.214. The molecular weight excluding hydrogens is 294 g/mol. The van der Waals surface area contributed by atoms with Crippen LogP contribution >= 0.6 is 11.6 Å². The number of benzene rings is 2. The first-order valence-corrected chi connectivity index (χ1v) is 7.79. The second-order valence-corrected chi connectivity index (χ2v) is 5.77. The van der Waals surface area contributed by atoms with Crippen molar-refractivity contribution in [3.8, 4) is 11.3 Å². The van der Waals surface area contributed by atoms with Crippen LogP contribution in [0.2, 0.25) is 5.02 Å². The van der Waals surface area contributed by atoms with Crippen molar-refractivity contribution in [3.05, 3.63) is 58.7 Å². The fourth-order valence-electron chi connectivity index (χ4n) is 2.60. The molecular formula is C18H18ClN3. The summed E-state index contributed by atoms with van der Waals surface area (Å²) in [6.07, 6.45) is 0.908. The van der Waals surface area contributed by atoms with Gasteiger partial charge in [0.25, 0.3) is 0 Å². The van der Waals surface area contributed by atoms with E-state index in [1.807, 2.05) is 43.3 Å². The van der Waals surface area contributed by atoms with Crippen molar-refractivity contribution < 1.29 is 0 Å². The minimum absolute atomic E-state index is 0.214. The van der Waals surface area contributed by atoms with Crippen LogP contribution in [0.25, 0.3) is 22.3 Å². The van der Waals surface area contributed by atoms with Crippen molar-refractivity contribution in [2.75, 3.05) is 0 Å². The van der Waals surface area contributed by atoms with Crippen LogP contribution < -0.4 is 5.73 Å². The lowest BCUT2D eigenvalue weighted by Crippen LogP contribution is -2.11. The van der Waals surface area contributed by atoms with E-state index in [0.29, 0.717) is 5.02 Å². The highest BCUT2D eigenvalue weighted by Gasteiger charge is 2.17. The van der Waals surface area contributed by atoms with Gasteiger partial charge >= 0.3 is 0 Å². The maximum atomic E-state index is 6.35. The molecule has 1 heterocycles. The van der Waals surface area contributed by atoms with Gasteiger partial charge in [-0.1, -0.05) is 48.9 Å². The average Bonchev–Trinajstić information content (AvgIpc) is 2.53. The number of rotatable bonds is 3. The molecule has 1 unspecified atom stereocenters. The first-order valence-electron chi connectivity index (χ1n) is 7.41. The number of fused-ring (bicyclic) bond motifs is 1. The molecule has 0 aliphatic heterocycles. The summed E-state index contributed by atoms with van der Waals surface area (Å²) in [4.78, 5) is 9.63. The molecule has 2 N–H and O–H groups in total. The second-order valence-electron chi connectivity index (χ2n) is 5.36. The fraction of sp³-hybridized carbons (Fsp3) is 0.222. The first-order chi connectivity index (χ1) is 10.6. The van der Waals surface area contributed by atoms with Crippen LogP contribution in [-0.4, -0.2) is 9.97 Å². The number of aromatic nitrogens is 2. The molecule has 1 aromatic heterocycles. The molecule has 3 aromatic rings. The maximum Gasteiger partial charge on any atom is 0.0956 e. The predicted molar refractivity (Wildman–Crippen MR) is 92.0 cm³/mol. The Hall–Kier alpha value is -1.97. The van der Waals surface area contributed by atoms with Crippen LogP contribution in [0.4, 0.5) is 0 Å². The van der Waals surface area contributed by atoms with E-state index in [2.05, 4.69) is 13.0 Å². The van der Waals surface area contributed by atoms with Gasteiger partial charge < -0.3 is 5.73 Å². The Balaban J connectivity index is 2.36. The minimum Gasteiger partial charge on any atom is -0.323 e. The van der Waals surface area contributed by atoms with Crippen LogP contribution in [-0.2, 0) is 6.42 Å². The summed E-state index contributed by atoms with van der Waals surface area (Å²) >= 11 is 6.35. The zero-order valence-corrected chi connectivity index (χ0v) is 13.4. The molecule has 4 heteroatoms. The maximum absolute atomic E-state index is 6.35. The number of aryl methyl sites for hydroxylation is 1. The fourth-order valence-corrected chi connectivity index (χ4v) is 2.83. The second kappa shape index (κ2) is 6.03. The third kappa shape index (κ3) is 2.58. The van der Waals surface area contributed by atoms with Gasteiger partial charge in [0.2, 0.25) is 0 Å². The molecule has 0 fully saturated rings. The van der Waals surface area contributed by atoms with E-state index in [-0.39, 0.29) is 6.04 Å². The molecule has 3 rings (SSSR count).